The molecule has 2 aromatic carbocycles. The first-order chi connectivity index (χ1) is 13.1. The summed E-state index contributed by atoms with van der Waals surface area (Å²) in [5.41, 5.74) is 3.34. The Labute approximate surface area is 158 Å². The van der Waals surface area contributed by atoms with Gasteiger partial charge >= 0.3 is 0 Å². The van der Waals surface area contributed by atoms with E-state index in [0.717, 1.165) is 16.9 Å². The molecule has 0 bridgehead atoms. The monoisotopic (exact) mass is 365 g/mol. The molecule has 1 amide bonds. The molecule has 0 fully saturated rings. The van der Waals surface area contributed by atoms with Crippen molar-refractivity contribution < 1.29 is 14.3 Å². The van der Waals surface area contributed by atoms with Gasteiger partial charge in [-0.1, -0.05) is 24.3 Å². The van der Waals surface area contributed by atoms with Crippen LogP contribution in [0, 0.1) is 13.8 Å². The van der Waals surface area contributed by atoms with Crippen molar-refractivity contribution in [3.63, 3.8) is 0 Å². The first-order valence-electron chi connectivity index (χ1n) is 8.74. The largest absolute Gasteiger partial charge is 0.491 e. The summed E-state index contributed by atoms with van der Waals surface area (Å²) in [4.78, 5) is 12.7. The molecule has 0 saturated carbocycles. The Morgan fingerprint density at radius 1 is 1.07 bits per heavy atom. The fraction of sp³-hybridized carbons (Fsp3) is 0.238. The number of ether oxygens (including phenoxy) is 2. The highest BCUT2D eigenvalue weighted by Crippen LogP contribution is 2.21. The standard InChI is InChI=1S/C21H23N3O3/c1-15-7-4-5-10-19(15)24-20(13-16(2)23-24)22-21(25)17-8-6-9-18(14-17)27-12-11-26-3/h4-10,13-14H,11-12H2,1-3H3,(H,22,25). The SMILES string of the molecule is COCCOc1cccc(C(=O)Nc2cc(C)nn2-c2ccccc2C)c1. The van der Waals surface area contributed by atoms with E-state index in [9.17, 15) is 4.79 Å². The average molecular weight is 365 g/mol. The topological polar surface area (TPSA) is 65.4 Å². The molecule has 0 unspecified atom stereocenters. The van der Waals surface area contributed by atoms with Gasteiger partial charge < -0.3 is 14.8 Å². The molecule has 27 heavy (non-hydrogen) atoms. The number of hydrogen-bond donors (Lipinski definition) is 1. The molecular weight excluding hydrogens is 342 g/mol. The summed E-state index contributed by atoms with van der Waals surface area (Å²) in [6, 6.07) is 16.8. The number of aromatic nitrogens is 2. The Balaban J connectivity index is 1.81. The van der Waals surface area contributed by atoms with Gasteiger partial charge in [-0.05, 0) is 43.7 Å². The van der Waals surface area contributed by atoms with Gasteiger partial charge in [0, 0.05) is 18.7 Å². The molecule has 0 aliphatic rings. The first-order valence-corrected chi connectivity index (χ1v) is 8.74. The van der Waals surface area contributed by atoms with Crippen molar-refractivity contribution in [1.82, 2.24) is 9.78 Å². The highest BCUT2D eigenvalue weighted by Gasteiger charge is 2.14. The quantitative estimate of drug-likeness (QED) is 0.648. The Kier molecular flexibility index (Phi) is 5.88. The van der Waals surface area contributed by atoms with Crippen LogP contribution in [0.2, 0.25) is 0 Å². The summed E-state index contributed by atoms with van der Waals surface area (Å²) in [6.07, 6.45) is 0. The third-order valence-corrected chi connectivity index (χ3v) is 4.07. The minimum Gasteiger partial charge on any atom is -0.491 e. The van der Waals surface area contributed by atoms with E-state index < -0.39 is 0 Å². The van der Waals surface area contributed by atoms with Crippen LogP contribution < -0.4 is 10.1 Å². The minimum absolute atomic E-state index is 0.220. The Bertz CT molecular complexity index is 934. The zero-order valence-corrected chi connectivity index (χ0v) is 15.7. The number of para-hydroxylation sites is 1. The number of anilines is 1. The summed E-state index contributed by atoms with van der Waals surface area (Å²) >= 11 is 0. The van der Waals surface area contributed by atoms with Gasteiger partial charge in [-0.3, -0.25) is 4.79 Å². The fourth-order valence-corrected chi connectivity index (χ4v) is 2.73. The number of amides is 1. The number of carbonyl (C=O) groups is 1. The molecule has 1 aromatic heterocycles. The molecule has 0 saturated heterocycles. The molecule has 0 atom stereocenters. The van der Waals surface area contributed by atoms with Crippen LogP contribution in [0.5, 0.6) is 5.75 Å². The second kappa shape index (κ2) is 8.51. The van der Waals surface area contributed by atoms with Gasteiger partial charge in [0.05, 0.1) is 18.0 Å². The summed E-state index contributed by atoms with van der Waals surface area (Å²) in [5, 5.41) is 7.47. The van der Waals surface area contributed by atoms with Crippen molar-refractivity contribution in [3.05, 3.63) is 71.4 Å². The number of carbonyl (C=O) groups excluding carboxylic acids is 1. The lowest BCUT2D eigenvalue weighted by Crippen LogP contribution is -2.15. The van der Waals surface area contributed by atoms with Gasteiger partial charge in [0.25, 0.3) is 5.91 Å². The molecule has 0 aliphatic carbocycles. The summed E-state index contributed by atoms with van der Waals surface area (Å²) < 4.78 is 12.3. The van der Waals surface area contributed by atoms with Gasteiger partial charge in [0.2, 0.25) is 0 Å². The molecule has 0 aliphatic heterocycles. The van der Waals surface area contributed by atoms with E-state index in [1.807, 2.05) is 50.2 Å². The number of nitrogens with zero attached hydrogens (tertiary/aromatic N) is 2. The smallest absolute Gasteiger partial charge is 0.256 e. The lowest BCUT2D eigenvalue weighted by atomic mass is 10.2. The maximum atomic E-state index is 12.7. The molecule has 0 spiro atoms. The molecule has 3 rings (SSSR count). The molecule has 1 N–H and O–H groups in total. The Morgan fingerprint density at radius 2 is 1.89 bits per heavy atom. The Hall–Kier alpha value is -3.12. The van der Waals surface area contributed by atoms with Crippen molar-refractivity contribution >= 4 is 11.7 Å². The van der Waals surface area contributed by atoms with Crippen LogP contribution in [0.1, 0.15) is 21.6 Å². The van der Waals surface area contributed by atoms with Crippen LogP contribution in [0.4, 0.5) is 5.82 Å². The van der Waals surface area contributed by atoms with Gasteiger partial charge in [-0.15, -0.1) is 0 Å². The van der Waals surface area contributed by atoms with Crippen molar-refractivity contribution in [2.45, 2.75) is 13.8 Å². The summed E-state index contributed by atoms with van der Waals surface area (Å²) in [7, 11) is 1.62. The van der Waals surface area contributed by atoms with Crippen molar-refractivity contribution in [1.29, 1.82) is 0 Å². The number of methoxy groups -OCH3 is 1. The number of hydrogen-bond acceptors (Lipinski definition) is 4. The maximum Gasteiger partial charge on any atom is 0.256 e. The van der Waals surface area contributed by atoms with Gasteiger partial charge in [0.15, 0.2) is 0 Å². The third kappa shape index (κ3) is 4.54. The van der Waals surface area contributed by atoms with Crippen molar-refractivity contribution in [2.24, 2.45) is 0 Å². The predicted octanol–water partition coefficient (Wildman–Crippen LogP) is 3.77. The molecule has 6 nitrogen and oxygen atoms in total. The predicted molar refractivity (Wildman–Crippen MR) is 105 cm³/mol. The molecule has 0 radical (unpaired) electrons. The lowest BCUT2D eigenvalue weighted by Gasteiger charge is -2.12. The van der Waals surface area contributed by atoms with E-state index in [2.05, 4.69) is 10.4 Å². The average Bonchev–Trinajstić information content (AvgIpc) is 3.02. The summed E-state index contributed by atoms with van der Waals surface area (Å²) in [5.74, 6) is 1.03. The maximum absolute atomic E-state index is 12.7. The Morgan fingerprint density at radius 3 is 2.67 bits per heavy atom. The van der Waals surface area contributed by atoms with E-state index in [4.69, 9.17) is 9.47 Å². The normalized spacial score (nSPS) is 10.6. The van der Waals surface area contributed by atoms with Gasteiger partial charge in [-0.25, -0.2) is 4.68 Å². The summed E-state index contributed by atoms with van der Waals surface area (Å²) in [6.45, 7) is 4.83. The molecule has 1 heterocycles. The minimum atomic E-state index is -0.220. The van der Waals surface area contributed by atoms with Crippen molar-refractivity contribution in [2.75, 3.05) is 25.6 Å². The molecule has 6 heteroatoms. The number of aryl methyl sites for hydroxylation is 2. The van der Waals surface area contributed by atoms with Crippen LogP contribution in [0.25, 0.3) is 5.69 Å². The van der Waals surface area contributed by atoms with E-state index in [-0.39, 0.29) is 5.91 Å². The highest BCUT2D eigenvalue weighted by atomic mass is 16.5. The fourth-order valence-electron chi connectivity index (χ4n) is 2.73. The van der Waals surface area contributed by atoms with Crippen LogP contribution in [-0.4, -0.2) is 36.0 Å². The lowest BCUT2D eigenvalue weighted by molar-refractivity contribution is 0.102. The zero-order chi connectivity index (χ0) is 19.2. The molecular formula is C21H23N3O3. The van der Waals surface area contributed by atoms with Crippen LogP contribution in [0.3, 0.4) is 0 Å². The molecule has 140 valence electrons. The number of benzene rings is 2. The van der Waals surface area contributed by atoms with Crippen LogP contribution in [-0.2, 0) is 4.74 Å². The van der Waals surface area contributed by atoms with Crippen molar-refractivity contribution in [3.8, 4) is 11.4 Å². The molecule has 3 aromatic rings. The van der Waals surface area contributed by atoms with Gasteiger partial charge in [-0.2, -0.15) is 5.10 Å². The highest BCUT2D eigenvalue weighted by molar-refractivity contribution is 6.04. The van der Waals surface area contributed by atoms with E-state index >= 15 is 0 Å². The second-order valence-electron chi connectivity index (χ2n) is 6.19. The third-order valence-electron chi connectivity index (χ3n) is 4.07. The van der Waals surface area contributed by atoms with E-state index in [1.54, 1.807) is 30.0 Å². The zero-order valence-electron chi connectivity index (χ0n) is 15.7. The second-order valence-corrected chi connectivity index (χ2v) is 6.19. The van der Waals surface area contributed by atoms with E-state index in [1.165, 1.54) is 0 Å². The number of nitrogens with one attached hydrogen (secondary N) is 1. The number of rotatable bonds is 7. The van der Waals surface area contributed by atoms with Gasteiger partial charge in [0.1, 0.15) is 18.2 Å². The van der Waals surface area contributed by atoms with Crippen LogP contribution >= 0.6 is 0 Å². The first kappa shape index (κ1) is 18.7. The van der Waals surface area contributed by atoms with E-state index in [0.29, 0.717) is 30.3 Å². The van der Waals surface area contributed by atoms with Crippen LogP contribution in [0.15, 0.2) is 54.6 Å².